The lowest BCUT2D eigenvalue weighted by molar-refractivity contribution is -0.113. The highest BCUT2D eigenvalue weighted by Crippen LogP contribution is 2.32. The highest BCUT2D eigenvalue weighted by atomic mass is 35.5. The van der Waals surface area contributed by atoms with Gasteiger partial charge in [-0.1, -0.05) is 34.7 Å². The molecule has 0 fully saturated rings. The van der Waals surface area contributed by atoms with E-state index in [1.165, 1.54) is 23.1 Å². The largest absolute Gasteiger partial charge is 0.497 e. The Labute approximate surface area is 166 Å². The van der Waals surface area contributed by atoms with Crippen molar-refractivity contribution in [3.05, 3.63) is 41.4 Å². The van der Waals surface area contributed by atoms with Crippen LogP contribution in [0.15, 0.2) is 40.7 Å². The quantitative estimate of drug-likeness (QED) is 0.443. The Hall–Kier alpha value is -1.87. The lowest BCUT2D eigenvalue weighted by atomic mass is 10.3. The van der Waals surface area contributed by atoms with Gasteiger partial charge in [0.15, 0.2) is 9.47 Å². The van der Waals surface area contributed by atoms with Crippen molar-refractivity contribution >= 4 is 77.5 Å². The fourth-order valence-corrected chi connectivity index (χ4v) is 5.23. The van der Waals surface area contributed by atoms with Crippen molar-refractivity contribution in [1.29, 1.82) is 0 Å². The van der Waals surface area contributed by atoms with E-state index in [2.05, 4.69) is 15.3 Å². The minimum atomic E-state index is -0.113. The van der Waals surface area contributed by atoms with Crippen molar-refractivity contribution < 1.29 is 9.53 Å². The normalized spacial score (nSPS) is 11.2. The van der Waals surface area contributed by atoms with Gasteiger partial charge in [0.2, 0.25) is 5.91 Å². The molecule has 0 atom stereocenters. The summed E-state index contributed by atoms with van der Waals surface area (Å²) in [6.45, 7) is 0. The summed E-state index contributed by atoms with van der Waals surface area (Å²) in [7, 11) is 1.62. The fraction of sp³-hybridized carbons (Fsp3) is 0.118. The number of halogens is 1. The summed E-state index contributed by atoms with van der Waals surface area (Å²) in [6, 6.07) is 11.2. The molecule has 2 aromatic heterocycles. The number of hydrogen-bond acceptors (Lipinski definition) is 7. The maximum Gasteiger partial charge on any atom is 0.236 e. The Morgan fingerprint density at radius 3 is 2.88 bits per heavy atom. The molecule has 4 rings (SSSR count). The van der Waals surface area contributed by atoms with Crippen LogP contribution in [0.25, 0.3) is 20.4 Å². The average Bonchev–Trinajstić information content (AvgIpc) is 3.21. The number of fused-ring (bicyclic) bond motifs is 2. The molecule has 1 amide bonds. The van der Waals surface area contributed by atoms with Crippen molar-refractivity contribution in [3.8, 4) is 5.75 Å². The lowest BCUT2D eigenvalue weighted by Crippen LogP contribution is -2.13. The van der Waals surface area contributed by atoms with Crippen molar-refractivity contribution in [1.82, 2.24) is 9.97 Å². The third-order valence-corrected chi connectivity index (χ3v) is 6.85. The molecule has 0 aliphatic rings. The molecule has 5 nitrogen and oxygen atoms in total. The zero-order valence-corrected chi connectivity index (χ0v) is 16.7. The summed E-state index contributed by atoms with van der Waals surface area (Å²) in [5.74, 6) is 0.927. The maximum atomic E-state index is 12.2. The zero-order valence-electron chi connectivity index (χ0n) is 13.5. The Kier molecular flexibility index (Phi) is 4.99. The number of nitrogens with zero attached hydrogens (tertiary/aromatic N) is 2. The number of anilines is 1. The van der Waals surface area contributed by atoms with Crippen LogP contribution in [-0.2, 0) is 4.79 Å². The van der Waals surface area contributed by atoms with Crippen LogP contribution in [0.3, 0.4) is 0 Å². The summed E-state index contributed by atoms with van der Waals surface area (Å²) in [5, 5.41) is 4.08. The standard InChI is InChI=1S/C17H12ClN3O2S3/c1-23-10-3-4-11-14(7-10)25-16(19-11)21-15(22)8-24-17-20-12-6-9(18)2-5-13(12)26-17/h2-7H,8H2,1H3,(H,19,21,22). The first kappa shape index (κ1) is 17.5. The molecule has 26 heavy (non-hydrogen) atoms. The second-order valence-corrected chi connectivity index (χ2v) is 9.00. The average molecular weight is 422 g/mol. The van der Waals surface area contributed by atoms with Gasteiger partial charge in [-0.15, -0.1) is 11.3 Å². The Balaban J connectivity index is 1.41. The number of aromatic nitrogens is 2. The zero-order chi connectivity index (χ0) is 18.1. The summed E-state index contributed by atoms with van der Waals surface area (Å²) >= 11 is 10.4. The maximum absolute atomic E-state index is 12.2. The molecule has 2 aromatic carbocycles. The molecule has 1 N–H and O–H groups in total. The van der Waals surface area contributed by atoms with Gasteiger partial charge in [-0.3, -0.25) is 4.79 Å². The number of thiazole rings is 2. The van der Waals surface area contributed by atoms with Gasteiger partial charge in [0, 0.05) is 5.02 Å². The van der Waals surface area contributed by atoms with E-state index in [9.17, 15) is 4.79 Å². The monoisotopic (exact) mass is 421 g/mol. The van der Waals surface area contributed by atoms with Crippen molar-refractivity contribution in [2.24, 2.45) is 0 Å². The first-order valence-corrected chi connectivity index (χ1v) is 10.5. The molecule has 0 bridgehead atoms. The van der Waals surface area contributed by atoms with Crippen LogP contribution in [0, 0.1) is 0 Å². The van der Waals surface area contributed by atoms with Crippen molar-refractivity contribution in [2.45, 2.75) is 4.34 Å². The highest BCUT2D eigenvalue weighted by Gasteiger charge is 2.11. The Bertz CT molecular complexity index is 1110. The van der Waals surface area contributed by atoms with Gasteiger partial charge in [0.05, 0.1) is 33.3 Å². The number of amides is 1. The van der Waals surface area contributed by atoms with Gasteiger partial charge >= 0.3 is 0 Å². The molecule has 0 aliphatic carbocycles. The summed E-state index contributed by atoms with van der Waals surface area (Å²) < 4.78 is 8.07. The highest BCUT2D eigenvalue weighted by molar-refractivity contribution is 8.01. The first-order valence-electron chi connectivity index (χ1n) is 7.54. The Morgan fingerprint density at radius 2 is 2.04 bits per heavy atom. The second-order valence-electron chi connectivity index (χ2n) is 5.28. The van der Waals surface area contributed by atoms with Gasteiger partial charge in [-0.2, -0.15) is 0 Å². The topological polar surface area (TPSA) is 64.1 Å². The van der Waals surface area contributed by atoms with E-state index in [4.69, 9.17) is 16.3 Å². The fourth-order valence-electron chi connectivity index (χ4n) is 2.31. The molecule has 0 saturated carbocycles. The molecule has 2 heterocycles. The minimum absolute atomic E-state index is 0.113. The summed E-state index contributed by atoms with van der Waals surface area (Å²) in [5.41, 5.74) is 1.69. The number of methoxy groups -OCH3 is 1. The van der Waals surface area contributed by atoms with Gasteiger partial charge in [-0.25, -0.2) is 9.97 Å². The molecular weight excluding hydrogens is 410 g/mol. The van der Waals surface area contributed by atoms with E-state index in [-0.39, 0.29) is 11.7 Å². The molecule has 0 aliphatic heterocycles. The number of hydrogen-bond donors (Lipinski definition) is 1. The predicted octanol–water partition coefficient (Wildman–Crippen LogP) is 5.30. The van der Waals surface area contributed by atoms with Crippen LogP contribution in [0.2, 0.25) is 5.02 Å². The molecule has 0 unspecified atom stereocenters. The van der Waals surface area contributed by atoms with E-state index in [1.807, 2.05) is 36.4 Å². The van der Waals surface area contributed by atoms with Gasteiger partial charge in [0.1, 0.15) is 5.75 Å². The first-order chi connectivity index (χ1) is 12.6. The van der Waals surface area contributed by atoms with Gasteiger partial charge in [-0.05, 0) is 36.4 Å². The number of thioether (sulfide) groups is 1. The van der Waals surface area contributed by atoms with Crippen LogP contribution < -0.4 is 10.1 Å². The van der Waals surface area contributed by atoms with Crippen LogP contribution in [-0.4, -0.2) is 28.7 Å². The number of benzene rings is 2. The van der Waals surface area contributed by atoms with Gasteiger partial charge in [0.25, 0.3) is 0 Å². The molecule has 0 radical (unpaired) electrons. The number of rotatable bonds is 5. The number of carbonyl (C=O) groups excluding carboxylic acids is 1. The van der Waals surface area contributed by atoms with Crippen LogP contribution in [0.4, 0.5) is 5.13 Å². The smallest absolute Gasteiger partial charge is 0.236 e. The molecule has 9 heteroatoms. The molecule has 132 valence electrons. The van der Waals surface area contributed by atoms with Crippen LogP contribution >= 0.6 is 46.0 Å². The van der Waals surface area contributed by atoms with Crippen LogP contribution in [0.5, 0.6) is 5.75 Å². The van der Waals surface area contributed by atoms with Gasteiger partial charge < -0.3 is 10.1 Å². The molecule has 0 spiro atoms. The second kappa shape index (κ2) is 7.40. The number of ether oxygens (including phenoxy) is 1. The lowest BCUT2D eigenvalue weighted by Gasteiger charge is -1.99. The molecule has 0 saturated heterocycles. The van der Waals surface area contributed by atoms with Crippen LogP contribution in [0.1, 0.15) is 0 Å². The van der Waals surface area contributed by atoms with E-state index >= 15 is 0 Å². The van der Waals surface area contributed by atoms with E-state index < -0.39 is 0 Å². The summed E-state index contributed by atoms with van der Waals surface area (Å²) in [6.07, 6.45) is 0. The summed E-state index contributed by atoms with van der Waals surface area (Å²) in [4.78, 5) is 21.1. The van der Waals surface area contributed by atoms with Crippen molar-refractivity contribution in [2.75, 3.05) is 18.2 Å². The molecular formula is C17H12ClN3O2S3. The van der Waals surface area contributed by atoms with E-state index in [0.29, 0.717) is 10.2 Å². The van der Waals surface area contributed by atoms with E-state index in [1.54, 1.807) is 18.4 Å². The Morgan fingerprint density at radius 1 is 1.15 bits per heavy atom. The minimum Gasteiger partial charge on any atom is -0.497 e. The predicted molar refractivity (Wildman–Crippen MR) is 110 cm³/mol. The number of carbonyl (C=O) groups is 1. The number of nitrogens with one attached hydrogen (secondary N) is 1. The van der Waals surface area contributed by atoms with E-state index in [0.717, 1.165) is 30.5 Å². The van der Waals surface area contributed by atoms with Crippen molar-refractivity contribution in [3.63, 3.8) is 0 Å². The third-order valence-electron chi connectivity index (χ3n) is 3.50. The SMILES string of the molecule is COc1ccc2nc(NC(=O)CSc3nc4cc(Cl)ccc4s3)sc2c1. The third kappa shape index (κ3) is 3.78. The molecule has 4 aromatic rings.